The number of hydrogen-bond donors (Lipinski definition) is 1. The first kappa shape index (κ1) is 14.2. The standard InChI is InChI=1S/C10H14O6/c1-3-8(11)15-4-5-16-9(12)6-7(2)10(13)14/h3,7H,1,4-6H2,2H3,(H,13,14). The fraction of sp³-hybridized carbons (Fsp3) is 0.500. The molecule has 0 aromatic carbocycles. The Bertz CT molecular complexity index is 283. The lowest BCUT2D eigenvalue weighted by Crippen LogP contribution is -2.18. The average molecular weight is 230 g/mol. The smallest absolute Gasteiger partial charge is 0.330 e. The number of ether oxygens (including phenoxy) is 2. The second kappa shape index (κ2) is 7.44. The van der Waals surface area contributed by atoms with Gasteiger partial charge in [-0.3, -0.25) is 9.59 Å². The highest BCUT2D eigenvalue weighted by Gasteiger charge is 2.16. The van der Waals surface area contributed by atoms with Gasteiger partial charge in [-0.25, -0.2) is 4.79 Å². The van der Waals surface area contributed by atoms with E-state index in [0.29, 0.717) is 0 Å². The van der Waals surface area contributed by atoms with Gasteiger partial charge in [-0.15, -0.1) is 0 Å². The van der Waals surface area contributed by atoms with Crippen molar-refractivity contribution in [2.24, 2.45) is 5.92 Å². The highest BCUT2D eigenvalue weighted by atomic mass is 16.6. The van der Waals surface area contributed by atoms with Crippen LogP contribution in [0.5, 0.6) is 0 Å². The molecule has 1 atom stereocenters. The fourth-order valence-corrected chi connectivity index (χ4v) is 0.753. The van der Waals surface area contributed by atoms with Crippen LogP contribution < -0.4 is 0 Å². The normalized spacial score (nSPS) is 11.3. The monoisotopic (exact) mass is 230 g/mol. The van der Waals surface area contributed by atoms with Crippen molar-refractivity contribution in [3.8, 4) is 0 Å². The Morgan fingerprint density at radius 3 is 2.38 bits per heavy atom. The van der Waals surface area contributed by atoms with Crippen LogP contribution >= 0.6 is 0 Å². The van der Waals surface area contributed by atoms with Gasteiger partial charge in [0, 0.05) is 6.08 Å². The van der Waals surface area contributed by atoms with Crippen LogP contribution in [0.2, 0.25) is 0 Å². The summed E-state index contributed by atoms with van der Waals surface area (Å²) in [6.45, 7) is 4.43. The summed E-state index contributed by atoms with van der Waals surface area (Å²) in [6, 6.07) is 0. The van der Waals surface area contributed by atoms with Crippen molar-refractivity contribution in [1.82, 2.24) is 0 Å². The average Bonchev–Trinajstić information content (AvgIpc) is 2.23. The van der Waals surface area contributed by atoms with Crippen molar-refractivity contribution in [2.75, 3.05) is 13.2 Å². The highest BCUT2D eigenvalue weighted by Crippen LogP contribution is 2.02. The van der Waals surface area contributed by atoms with Crippen LogP contribution in [0.25, 0.3) is 0 Å². The number of aliphatic carboxylic acids is 1. The second-order valence-corrected chi connectivity index (χ2v) is 3.04. The molecule has 0 aromatic rings. The van der Waals surface area contributed by atoms with Crippen LogP contribution in [0, 0.1) is 5.92 Å². The first-order chi connectivity index (χ1) is 7.47. The summed E-state index contributed by atoms with van der Waals surface area (Å²) in [4.78, 5) is 32.0. The number of carbonyl (C=O) groups excluding carboxylic acids is 2. The molecular weight excluding hydrogens is 216 g/mol. The van der Waals surface area contributed by atoms with E-state index in [9.17, 15) is 14.4 Å². The number of rotatable bonds is 7. The highest BCUT2D eigenvalue weighted by molar-refractivity contribution is 5.81. The minimum absolute atomic E-state index is 0.0714. The predicted molar refractivity (Wildman–Crippen MR) is 53.5 cm³/mol. The van der Waals surface area contributed by atoms with E-state index in [1.807, 2.05) is 0 Å². The van der Waals surface area contributed by atoms with E-state index >= 15 is 0 Å². The molecule has 16 heavy (non-hydrogen) atoms. The van der Waals surface area contributed by atoms with Gasteiger partial charge in [0.15, 0.2) is 0 Å². The Balaban J connectivity index is 3.62. The van der Waals surface area contributed by atoms with Crippen LogP contribution in [0.4, 0.5) is 0 Å². The molecule has 0 bridgehead atoms. The van der Waals surface area contributed by atoms with Crippen molar-refractivity contribution in [3.63, 3.8) is 0 Å². The quantitative estimate of drug-likeness (QED) is 0.386. The van der Waals surface area contributed by atoms with Gasteiger partial charge < -0.3 is 14.6 Å². The number of carboxylic acid groups (broad SMARTS) is 1. The SMILES string of the molecule is C=CC(=O)OCCOC(=O)CC(C)C(=O)O. The third-order valence-corrected chi connectivity index (χ3v) is 1.65. The molecule has 6 heteroatoms. The summed E-state index contributed by atoms with van der Waals surface area (Å²) in [5, 5.41) is 8.52. The maximum atomic E-state index is 11.0. The summed E-state index contributed by atoms with van der Waals surface area (Å²) >= 11 is 0. The topological polar surface area (TPSA) is 89.9 Å². The molecule has 0 fully saturated rings. The molecule has 0 heterocycles. The zero-order chi connectivity index (χ0) is 12.6. The largest absolute Gasteiger partial charge is 0.481 e. The number of carbonyl (C=O) groups is 3. The zero-order valence-electron chi connectivity index (χ0n) is 8.97. The number of hydrogen-bond acceptors (Lipinski definition) is 5. The first-order valence-electron chi connectivity index (χ1n) is 4.65. The molecule has 0 aliphatic rings. The molecule has 0 aromatic heterocycles. The van der Waals surface area contributed by atoms with E-state index in [4.69, 9.17) is 5.11 Å². The van der Waals surface area contributed by atoms with Gasteiger partial charge in [0.1, 0.15) is 13.2 Å². The van der Waals surface area contributed by atoms with Crippen LogP contribution in [0.1, 0.15) is 13.3 Å². The summed E-state index contributed by atoms with van der Waals surface area (Å²) in [5.41, 5.74) is 0. The maximum Gasteiger partial charge on any atom is 0.330 e. The Kier molecular flexibility index (Phi) is 6.58. The molecule has 0 spiro atoms. The van der Waals surface area contributed by atoms with Crippen LogP contribution in [0.15, 0.2) is 12.7 Å². The molecule has 0 rings (SSSR count). The minimum Gasteiger partial charge on any atom is -0.481 e. The second-order valence-electron chi connectivity index (χ2n) is 3.04. The molecule has 0 saturated carbocycles. The van der Waals surface area contributed by atoms with E-state index in [-0.39, 0.29) is 19.6 Å². The molecule has 1 unspecified atom stereocenters. The third-order valence-electron chi connectivity index (χ3n) is 1.65. The minimum atomic E-state index is -1.06. The van der Waals surface area contributed by atoms with Gasteiger partial charge in [-0.05, 0) is 0 Å². The van der Waals surface area contributed by atoms with Gasteiger partial charge >= 0.3 is 17.9 Å². The number of esters is 2. The van der Waals surface area contributed by atoms with Crippen LogP contribution in [-0.4, -0.2) is 36.2 Å². The zero-order valence-corrected chi connectivity index (χ0v) is 8.97. The summed E-state index contributed by atoms with van der Waals surface area (Å²) in [5.74, 6) is -3.09. The van der Waals surface area contributed by atoms with E-state index in [2.05, 4.69) is 16.1 Å². The fourth-order valence-electron chi connectivity index (χ4n) is 0.753. The van der Waals surface area contributed by atoms with Crippen molar-refractivity contribution < 1.29 is 29.0 Å². The van der Waals surface area contributed by atoms with Gasteiger partial charge in [0.05, 0.1) is 12.3 Å². The van der Waals surface area contributed by atoms with Gasteiger partial charge in [0.25, 0.3) is 0 Å². The third kappa shape index (κ3) is 6.58. The van der Waals surface area contributed by atoms with Gasteiger partial charge in [-0.2, -0.15) is 0 Å². The Morgan fingerprint density at radius 1 is 1.31 bits per heavy atom. The Labute approximate surface area is 92.8 Å². The molecule has 0 aliphatic carbocycles. The van der Waals surface area contributed by atoms with E-state index in [1.165, 1.54) is 6.92 Å². The predicted octanol–water partition coefficient (Wildman–Crippen LogP) is 0.370. The van der Waals surface area contributed by atoms with Crippen molar-refractivity contribution in [1.29, 1.82) is 0 Å². The van der Waals surface area contributed by atoms with Crippen molar-refractivity contribution in [2.45, 2.75) is 13.3 Å². The Hall–Kier alpha value is -1.85. The maximum absolute atomic E-state index is 11.0. The van der Waals surface area contributed by atoms with Crippen molar-refractivity contribution >= 4 is 17.9 Å². The van der Waals surface area contributed by atoms with Gasteiger partial charge in [0.2, 0.25) is 0 Å². The van der Waals surface area contributed by atoms with E-state index in [1.54, 1.807) is 0 Å². The van der Waals surface area contributed by atoms with E-state index in [0.717, 1.165) is 6.08 Å². The molecule has 0 radical (unpaired) electrons. The summed E-state index contributed by atoms with van der Waals surface area (Å²) in [6.07, 6.45) is 0.791. The lowest BCUT2D eigenvalue weighted by molar-refractivity contribution is -0.153. The molecule has 1 N–H and O–H groups in total. The summed E-state index contributed by atoms with van der Waals surface area (Å²) < 4.78 is 9.19. The van der Waals surface area contributed by atoms with Crippen LogP contribution in [0.3, 0.4) is 0 Å². The molecule has 6 nitrogen and oxygen atoms in total. The molecule has 90 valence electrons. The van der Waals surface area contributed by atoms with Gasteiger partial charge in [-0.1, -0.05) is 13.5 Å². The molecular formula is C10H14O6. The lowest BCUT2D eigenvalue weighted by atomic mass is 10.1. The summed E-state index contributed by atoms with van der Waals surface area (Å²) in [7, 11) is 0. The lowest BCUT2D eigenvalue weighted by Gasteiger charge is -2.07. The first-order valence-corrected chi connectivity index (χ1v) is 4.65. The molecule has 0 amide bonds. The van der Waals surface area contributed by atoms with Crippen molar-refractivity contribution in [3.05, 3.63) is 12.7 Å². The number of carboxylic acids is 1. The Morgan fingerprint density at radius 2 is 1.88 bits per heavy atom. The van der Waals surface area contributed by atoms with E-state index < -0.39 is 23.8 Å². The molecule has 0 saturated heterocycles. The molecule has 0 aliphatic heterocycles. The van der Waals surface area contributed by atoms with Crippen LogP contribution in [-0.2, 0) is 23.9 Å².